The molecule has 0 spiro atoms. The van der Waals surface area contributed by atoms with E-state index in [0.717, 1.165) is 112 Å². The van der Waals surface area contributed by atoms with Crippen LogP contribution >= 0.6 is 0 Å². The summed E-state index contributed by atoms with van der Waals surface area (Å²) in [6.45, 7) is 10.8. The summed E-state index contributed by atoms with van der Waals surface area (Å²) < 4.78 is 222. The molecule has 3 fully saturated rings. The van der Waals surface area contributed by atoms with Crippen LogP contribution in [0, 0.1) is 19.7 Å². The van der Waals surface area contributed by atoms with Crippen molar-refractivity contribution in [3.63, 3.8) is 0 Å². The molecule has 20 nitrogen and oxygen atoms in total. The third-order valence-electron chi connectivity index (χ3n) is 19.9. The summed E-state index contributed by atoms with van der Waals surface area (Å²) in [6, 6.07) is 48.6. The molecule has 9 aromatic carbocycles. The zero-order chi connectivity index (χ0) is 84.3. The van der Waals surface area contributed by atoms with Gasteiger partial charge in [0.2, 0.25) is 23.3 Å². The number of nitrogens with zero attached hydrogens (tertiary/aromatic N) is 11. The summed E-state index contributed by atoms with van der Waals surface area (Å²) in [7, 11) is 4.56. The van der Waals surface area contributed by atoms with Gasteiger partial charge in [-0.25, -0.2) is 4.39 Å². The number of aryl methyl sites for hydroxylation is 2. The summed E-state index contributed by atoms with van der Waals surface area (Å²) in [5, 5.41) is 15.5. The minimum absolute atomic E-state index is 0.00209. The van der Waals surface area contributed by atoms with E-state index >= 15 is 0 Å². The first-order chi connectivity index (χ1) is 57.0. The average Bonchev–Trinajstić information content (AvgIpc) is 1.20. The molecule has 1 atom stereocenters. The van der Waals surface area contributed by atoms with Crippen LogP contribution in [0.15, 0.2) is 206 Å². The Balaban J connectivity index is 0.000000138. The quantitative estimate of drug-likeness (QED) is 0.0823. The summed E-state index contributed by atoms with van der Waals surface area (Å²) in [5.74, 6) is 1.19. The molecule has 16 rings (SSSR count). The van der Waals surface area contributed by atoms with E-state index in [-0.39, 0.29) is 85.9 Å². The van der Waals surface area contributed by atoms with Gasteiger partial charge >= 0.3 is 24.9 Å². The van der Waals surface area contributed by atoms with Crippen LogP contribution in [-0.4, -0.2) is 120 Å². The second-order valence-electron chi connectivity index (χ2n) is 27.7. The summed E-state index contributed by atoms with van der Waals surface area (Å²) in [6.07, 6.45) is -13.3. The van der Waals surface area contributed by atoms with Crippen LogP contribution in [0.3, 0.4) is 0 Å². The van der Waals surface area contributed by atoms with E-state index in [1.807, 2.05) is 37.3 Å². The lowest BCUT2D eigenvalue weighted by Crippen LogP contribution is -2.38. The average molecular weight is 1650 g/mol. The first-order valence-electron chi connectivity index (χ1n) is 37.5. The van der Waals surface area contributed by atoms with Crippen LogP contribution in [0.4, 0.5) is 74.1 Å². The van der Waals surface area contributed by atoms with Crippen molar-refractivity contribution in [3.8, 4) is 125 Å². The summed E-state index contributed by atoms with van der Waals surface area (Å²) in [5.41, 5.74) is 4.44. The SMILES string of the molecule is COc1ccc(F)cc1-c1noc(-c2ccc(N3CCCCC3C)c(C(F)(F)F)c2)n1.COc1ccccc1-c1noc(-c2ccc(-c3ccccc3C)c(C(F)(F)F)c2)n1.COc1ccccc1-c1noc(-c2ccc(N3CCOCC3)c(C)c2)n1.FC(F)(F)Oc1ccccc1-c1noc(-c2ccc(N3CCCCC3)c(C(F)(F)F)c2)n1. The van der Waals surface area contributed by atoms with Gasteiger partial charge < -0.3 is 56.5 Å². The van der Waals surface area contributed by atoms with Crippen molar-refractivity contribution in [1.82, 2.24) is 40.6 Å². The van der Waals surface area contributed by atoms with Crippen molar-refractivity contribution in [2.24, 2.45) is 0 Å². The van der Waals surface area contributed by atoms with Gasteiger partial charge in [-0.15, -0.1) is 13.2 Å². The minimum Gasteiger partial charge on any atom is -0.496 e. The van der Waals surface area contributed by atoms with E-state index in [9.17, 15) is 57.1 Å². The van der Waals surface area contributed by atoms with Crippen molar-refractivity contribution < 1.29 is 98.9 Å². The monoisotopic (exact) mass is 1650 g/mol. The van der Waals surface area contributed by atoms with Gasteiger partial charge in [-0.3, -0.25) is 0 Å². The van der Waals surface area contributed by atoms with Gasteiger partial charge in [-0.2, -0.15) is 59.4 Å². The number of anilines is 3. The largest absolute Gasteiger partial charge is 0.573 e. The van der Waals surface area contributed by atoms with Crippen molar-refractivity contribution in [2.75, 3.05) is 82.0 Å². The first-order valence-corrected chi connectivity index (χ1v) is 37.5. The molecule has 0 bridgehead atoms. The Morgan fingerprint density at radius 2 is 0.765 bits per heavy atom. The Labute approximate surface area is 673 Å². The van der Waals surface area contributed by atoms with Gasteiger partial charge in [-0.05, 0) is 203 Å². The maximum atomic E-state index is 13.9. The molecule has 13 aromatic rings. The number of para-hydroxylation sites is 3. The van der Waals surface area contributed by atoms with Gasteiger partial charge in [0, 0.05) is 78.1 Å². The van der Waals surface area contributed by atoms with Crippen LogP contribution in [0.2, 0.25) is 0 Å². The number of ether oxygens (including phenoxy) is 5. The number of morpholine rings is 1. The first kappa shape index (κ1) is 84.1. The zero-order valence-corrected chi connectivity index (χ0v) is 64.7. The molecule has 4 aromatic heterocycles. The molecule has 33 heteroatoms. The fourth-order valence-corrected chi connectivity index (χ4v) is 14.1. The number of halogens is 13. The molecule has 1 unspecified atom stereocenters. The summed E-state index contributed by atoms with van der Waals surface area (Å²) in [4.78, 5) is 22.8. The molecular formula is C86H76F13N11O9. The van der Waals surface area contributed by atoms with Crippen molar-refractivity contribution >= 4 is 17.1 Å². The fourth-order valence-electron chi connectivity index (χ4n) is 14.1. The van der Waals surface area contributed by atoms with E-state index in [1.54, 1.807) is 78.4 Å². The lowest BCUT2D eigenvalue weighted by atomic mass is 9.94. The highest BCUT2D eigenvalue weighted by molar-refractivity contribution is 5.77. The van der Waals surface area contributed by atoms with Crippen LogP contribution in [-0.2, 0) is 23.3 Å². The van der Waals surface area contributed by atoms with Crippen molar-refractivity contribution in [3.05, 3.63) is 222 Å². The Bertz CT molecular complexity index is 5640. The molecule has 0 aliphatic carbocycles. The van der Waals surface area contributed by atoms with Crippen molar-refractivity contribution in [2.45, 2.75) is 90.2 Å². The number of aromatic nitrogens is 8. The lowest BCUT2D eigenvalue weighted by Gasteiger charge is -2.37. The highest BCUT2D eigenvalue weighted by Gasteiger charge is 2.40. The smallest absolute Gasteiger partial charge is 0.496 e. The molecular weight excluding hydrogens is 1580 g/mol. The highest BCUT2D eigenvalue weighted by Crippen LogP contribution is 2.46. The number of hydrogen-bond acceptors (Lipinski definition) is 20. The molecule has 3 aliphatic rings. The molecule has 620 valence electrons. The van der Waals surface area contributed by atoms with E-state index in [1.165, 1.54) is 92.2 Å². The number of benzene rings is 9. The molecule has 0 amide bonds. The maximum Gasteiger partial charge on any atom is 0.573 e. The fraction of sp³-hybridized carbons (Fsp3) is 0.279. The number of methoxy groups -OCH3 is 3. The molecule has 7 heterocycles. The second kappa shape index (κ2) is 36.4. The molecule has 119 heavy (non-hydrogen) atoms. The molecule has 3 saturated heterocycles. The van der Waals surface area contributed by atoms with Gasteiger partial charge in [0.15, 0.2) is 0 Å². The highest BCUT2D eigenvalue weighted by atomic mass is 19.4. The van der Waals surface area contributed by atoms with Crippen molar-refractivity contribution in [1.29, 1.82) is 0 Å². The molecule has 3 aliphatic heterocycles. The molecule has 0 saturated carbocycles. The van der Waals surface area contributed by atoms with Crippen LogP contribution in [0.25, 0.3) is 102 Å². The normalized spacial score (nSPS) is 14.6. The minimum atomic E-state index is -4.94. The predicted molar refractivity (Wildman–Crippen MR) is 417 cm³/mol. The van der Waals surface area contributed by atoms with Gasteiger partial charge in [0.05, 0.1) is 73.5 Å². The van der Waals surface area contributed by atoms with E-state index < -0.39 is 53.1 Å². The van der Waals surface area contributed by atoms with Crippen LogP contribution in [0.1, 0.15) is 73.3 Å². The van der Waals surface area contributed by atoms with Gasteiger partial charge in [0.1, 0.15) is 28.8 Å². The maximum absolute atomic E-state index is 13.9. The van der Waals surface area contributed by atoms with E-state index in [4.69, 9.17) is 37.0 Å². The Morgan fingerprint density at radius 3 is 1.24 bits per heavy atom. The number of alkyl halides is 12. The molecule has 0 N–H and O–H groups in total. The van der Waals surface area contributed by atoms with Crippen LogP contribution in [0.5, 0.6) is 23.0 Å². The second-order valence-corrected chi connectivity index (χ2v) is 27.7. The lowest BCUT2D eigenvalue weighted by molar-refractivity contribution is -0.274. The Hall–Kier alpha value is -12.8. The number of hydrogen-bond donors (Lipinski definition) is 0. The third kappa shape index (κ3) is 20.1. The van der Waals surface area contributed by atoms with Crippen LogP contribution < -0.4 is 33.6 Å². The van der Waals surface area contributed by atoms with E-state index in [2.05, 4.69) is 69.3 Å². The van der Waals surface area contributed by atoms with Gasteiger partial charge in [0.25, 0.3) is 23.6 Å². The molecule has 0 radical (unpaired) electrons. The number of piperidine rings is 2. The predicted octanol–water partition coefficient (Wildman–Crippen LogP) is 22.2. The topological polar surface area (TPSA) is 212 Å². The Morgan fingerprint density at radius 1 is 0.361 bits per heavy atom. The third-order valence-corrected chi connectivity index (χ3v) is 19.9. The Kier molecular flexibility index (Phi) is 25.7. The van der Waals surface area contributed by atoms with E-state index in [0.29, 0.717) is 54.0 Å². The van der Waals surface area contributed by atoms with Gasteiger partial charge in [-0.1, -0.05) is 87.4 Å². The standard InChI is InChI=1S/C23H17F3N2O2.C22H21F4N3O2.C21H17F6N3O2.C20H21N3O3/c1-14-7-3-4-8-16(14)17-12-11-15(13-19(17)23(24,25)26)22-27-21(28-30-22)18-9-5-6-10-20(18)29-2;1-13-5-3-4-10-29(13)18-8-6-14(11-17(18)22(24,25)26)21-27-20(28-31-21)16-12-15(23)7-9-19(16)30-2;22-20(23,24)15-12-13(8-9-16(15)30-10-4-1-5-11-30)19-28-18(29-32-19)14-6-2-3-7-17(14)31-21(25,26)27;1-14-13-15(7-8-17(14)23-9-11-25-12-10-23)20-21-19(22-26-20)16-5-3-4-6-18(16)24-2/h3-13H,1-2H3;6-9,11-13H,3-5,10H2,1-2H3;2-3,6-9,12H,1,4-5,10-11H2;3-8,13H,9-12H2,1-2H3. The summed E-state index contributed by atoms with van der Waals surface area (Å²) >= 11 is 0. The zero-order valence-electron chi connectivity index (χ0n) is 64.7. The number of rotatable bonds is 16.